The summed E-state index contributed by atoms with van der Waals surface area (Å²) in [6, 6.07) is 8.26. The Hall–Kier alpha value is -3.03. The van der Waals surface area contributed by atoms with E-state index in [0.29, 0.717) is 11.6 Å². The lowest BCUT2D eigenvalue weighted by Crippen LogP contribution is -2.33. The van der Waals surface area contributed by atoms with Gasteiger partial charge in [-0.1, -0.05) is 0 Å². The Morgan fingerprint density at radius 3 is 2.20 bits per heavy atom. The van der Waals surface area contributed by atoms with E-state index in [4.69, 9.17) is 0 Å². The highest BCUT2D eigenvalue weighted by Gasteiger charge is 2.15. The molecule has 2 amide bonds. The fraction of sp³-hybridized carbons (Fsp3) is 0.176. The third-order valence-electron chi connectivity index (χ3n) is 3.36. The molecule has 0 aliphatic heterocycles. The smallest absolute Gasteiger partial charge is 0.251 e. The molecule has 0 saturated carbocycles. The minimum atomic E-state index is -1.68. The maximum Gasteiger partial charge on any atom is 0.251 e. The van der Waals surface area contributed by atoms with Crippen molar-refractivity contribution >= 4 is 23.2 Å². The van der Waals surface area contributed by atoms with Crippen LogP contribution in [0.2, 0.25) is 0 Å². The third kappa shape index (κ3) is 4.50. The molecular formula is C17H16F3N3O2. The second-order valence-corrected chi connectivity index (χ2v) is 5.40. The van der Waals surface area contributed by atoms with Crippen molar-refractivity contribution < 1.29 is 22.8 Å². The number of benzene rings is 2. The van der Waals surface area contributed by atoms with E-state index in [-0.39, 0.29) is 0 Å². The van der Waals surface area contributed by atoms with Crippen LogP contribution in [0.5, 0.6) is 0 Å². The first-order chi connectivity index (χ1) is 11.8. The maximum absolute atomic E-state index is 13.5. The first-order valence-electron chi connectivity index (χ1n) is 7.28. The number of hydrogen-bond donors (Lipinski definition) is 2. The van der Waals surface area contributed by atoms with E-state index in [2.05, 4.69) is 10.6 Å². The molecule has 0 aliphatic carbocycles. The molecule has 0 unspecified atom stereocenters. The Balaban J connectivity index is 1.93. The average molecular weight is 351 g/mol. The summed E-state index contributed by atoms with van der Waals surface area (Å²) in [6.45, 7) is -0.452. The molecule has 5 nitrogen and oxygen atoms in total. The van der Waals surface area contributed by atoms with Gasteiger partial charge >= 0.3 is 0 Å². The second kappa shape index (κ2) is 7.69. The van der Waals surface area contributed by atoms with Gasteiger partial charge in [-0.2, -0.15) is 0 Å². The van der Waals surface area contributed by atoms with Crippen LogP contribution in [0.4, 0.5) is 24.5 Å². The number of amides is 2. The van der Waals surface area contributed by atoms with Gasteiger partial charge in [-0.25, -0.2) is 13.2 Å². The summed E-state index contributed by atoms with van der Waals surface area (Å²) in [5.74, 6) is -5.80. The van der Waals surface area contributed by atoms with Crippen LogP contribution in [0.25, 0.3) is 0 Å². The number of halogens is 3. The highest BCUT2D eigenvalue weighted by Crippen LogP contribution is 2.19. The van der Waals surface area contributed by atoms with Gasteiger partial charge in [-0.3, -0.25) is 9.59 Å². The molecule has 2 aromatic rings. The number of rotatable bonds is 5. The molecule has 0 atom stereocenters. The van der Waals surface area contributed by atoms with Crippen molar-refractivity contribution in [2.24, 2.45) is 0 Å². The van der Waals surface area contributed by atoms with E-state index in [9.17, 15) is 22.8 Å². The first-order valence-corrected chi connectivity index (χ1v) is 7.28. The highest BCUT2D eigenvalue weighted by atomic mass is 19.2. The number of hydrogen-bond acceptors (Lipinski definition) is 3. The van der Waals surface area contributed by atoms with Gasteiger partial charge in [0.05, 0.1) is 12.2 Å². The quantitative estimate of drug-likeness (QED) is 0.814. The SMILES string of the molecule is CN(C)c1ccc(C(=O)NCC(=O)Nc2ccc(F)c(F)c2F)cc1. The summed E-state index contributed by atoms with van der Waals surface area (Å²) in [5.41, 5.74) is 0.744. The molecule has 2 aromatic carbocycles. The molecule has 2 rings (SSSR count). The molecule has 0 heterocycles. The number of carbonyl (C=O) groups is 2. The number of carbonyl (C=O) groups excluding carboxylic acids is 2. The fourth-order valence-electron chi connectivity index (χ4n) is 1.99. The molecule has 0 aliphatic rings. The van der Waals surface area contributed by atoms with E-state index in [1.807, 2.05) is 19.0 Å². The van der Waals surface area contributed by atoms with Crippen molar-refractivity contribution in [1.82, 2.24) is 5.32 Å². The van der Waals surface area contributed by atoms with Crippen LogP contribution in [-0.4, -0.2) is 32.5 Å². The zero-order valence-electron chi connectivity index (χ0n) is 13.6. The van der Waals surface area contributed by atoms with E-state index in [1.54, 1.807) is 24.3 Å². The van der Waals surface area contributed by atoms with Gasteiger partial charge in [0.1, 0.15) is 0 Å². The molecule has 8 heteroatoms. The largest absolute Gasteiger partial charge is 0.378 e. The van der Waals surface area contributed by atoms with Crippen LogP contribution in [-0.2, 0) is 4.79 Å². The normalized spacial score (nSPS) is 10.3. The molecule has 0 bridgehead atoms. The lowest BCUT2D eigenvalue weighted by Gasteiger charge is -2.12. The maximum atomic E-state index is 13.5. The van der Waals surface area contributed by atoms with E-state index in [1.165, 1.54) is 0 Å². The number of nitrogens with one attached hydrogen (secondary N) is 2. The average Bonchev–Trinajstić information content (AvgIpc) is 2.60. The molecule has 2 N–H and O–H groups in total. The highest BCUT2D eigenvalue weighted by molar-refractivity contribution is 5.99. The molecule has 0 aromatic heterocycles. The first kappa shape index (κ1) is 18.3. The summed E-state index contributed by atoms with van der Waals surface area (Å²) in [4.78, 5) is 25.6. The van der Waals surface area contributed by atoms with E-state index < -0.39 is 41.5 Å². The monoisotopic (exact) mass is 351 g/mol. The zero-order valence-corrected chi connectivity index (χ0v) is 13.6. The lowest BCUT2D eigenvalue weighted by atomic mass is 10.2. The van der Waals surface area contributed by atoms with Crippen molar-refractivity contribution in [2.45, 2.75) is 0 Å². The molecule has 0 fully saturated rings. The molecule has 25 heavy (non-hydrogen) atoms. The van der Waals surface area contributed by atoms with Crippen LogP contribution in [0.3, 0.4) is 0 Å². The van der Waals surface area contributed by atoms with Crippen molar-refractivity contribution in [3.63, 3.8) is 0 Å². The van der Waals surface area contributed by atoms with Gasteiger partial charge in [0, 0.05) is 25.3 Å². The molecule has 132 valence electrons. The zero-order chi connectivity index (χ0) is 18.6. The van der Waals surface area contributed by atoms with Crippen LogP contribution in [0, 0.1) is 17.5 Å². The molecule has 0 spiro atoms. The Labute approximate surface area is 142 Å². The van der Waals surface area contributed by atoms with Gasteiger partial charge < -0.3 is 15.5 Å². The van der Waals surface area contributed by atoms with Gasteiger partial charge in [-0.15, -0.1) is 0 Å². The fourth-order valence-corrected chi connectivity index (χ4v) is 1.99. The third-order valence-corrected chi connectivity index (χ3v) is 3.36. The topological polar surface area (TPSA) is 61.4 Å². The van der Waals surface area contributed by atoms with Crippen LogP contribution in [0.15, 0.2) is 36.4 Å². The van der Waals surface area contributed by atoms with Crippen molar-refractivity contribution in [3.05, 3.63) is 59.4 Å². The lowest BCUT2D eigenvalue weighted by molar-refractivity contribution is -0.115. The van der Waals surface area contributed by atoms with Gasteiger partial charge in [0.15, 0.2) is 17.5 Å². The van der Waals surface area contributed by atoms with E-state index >= 15 is 0 Å². The van der Waals surface area contributed by atoms with Crippen molar-refractivity contribution in [3.8, 4) is 0 Å². The van der Waals surface area contributed by atoms with Crippen LogP contribution >= 0.6 is 0 Å². The Bertz CT molecular complexity index is 792. The van der Waals surface area contributed by atoms with Crippen LogP contribution < -0.4 is 15.5 Å². The molecule has 0 radical (unpaired) electrons. The Morgan fingerprint density at radius 2 is 1.60 bits per heavy atom. The minimum absolute atomic E-state index is 0.345. The predicted molar refractivity (Wildman–Crippen MR) is 88.0 cm³/mol. The van der Waals surface area contributed by atoms with Crippen molar-refractivity contribution in [1.29, 1.82) is 0 Å². The summed E-state index contributed by atoms with van der Waals surface area (Å²) < 4.78 is 39.4. The summed E-state index contributed by atoms with van der Waals surface area (Å²) in [7, 11) is 3.72. The second-order valence-electron chi connectivity index (χ2n) is 5.40. The number of anilines is 2. The summed E-state index contributed by atoms with van der Waals surface area (Å²) in [6.07, 6.45) is 0. The van der Waals surface area contributed by atoms with Gasteiger partial charge in [0.2, 0.25) is 5.91 Å². The standard InChI is InChI=1S/C17H16F3N3O2/c1-23(2)11-5-3-10(4-6-11)17(25)21-9-14(24)22-13-8-7-12(18)15(19)16(13)20/h3-8H,9H2,1-2H3,(H,21,25)(H,22,24). The van der Waals surface area contributed by atoms with Crippen LogP contribution in [0.1, 0.15) is 10.4 Å². The van der Waals surface area contributed by atoms with Crippen molar-refractivity contribution in [2.75, 3.05) is 30.9 Å². The molecule has 0 saturated heterocycles. The summed E-state index contributed by atoms with van der Waals surface area (Å²) >= 11 is 0. The minimum Gasteiger partial charge on any atom is -0.378 e. The van der Waals surface area contributed by atoms with Gasteiger partial charge in [0.25, 0.3) is 5.91 Å². The molecular weight excluding hydrogens is 335 g/mol. The Morgan fingerprint density at radius 1 is 0.960 bits per heavy atom. The number of nitrogens with zero attached hydrogens (tertiary/aromatic N) is 1. The summed E-state index contributed by atoms with van der Waals surface area (Å²) in [5, 5.41) is 4.43. The predicted octanol–water partition coefficient (Wildman–Crippen LogP) is 2.54. The van der Waals surface area contributed by atoms with Gasteiger partial charge in [-0.05, 0) is 36.4 Å². The van der Waals surface area contributed by atoms with E-state index in [0.717, 1.165) is 11.8 Å². The Kier molecular flexibility index (Phi) is 5.63.